The zero-order chi connectivity index (χ0) is 15.8. The van der Waals surface area contributed by atoms with Crippen molar-refractivity contribution in [2.75, 3.05) is 6.54 Å². The maximum absolute atomic E-state index is 12.2. The largest absolute Gasteiger partial charge is 0.370 e. The SMILES string of the molecule is NC(N)=NCCCC(NC(=O)c1cnccn1)c1nccs1. The fraction of sp³-hybridized carbons (Fsp3) is 0.308. The number of nitrogens with zero attached hydrogens (tertiary/aromatic N) is 4. The zero-order valence-electron chi connectivity index (χ0n) is 11.8. The minimum absolute atomic E-state index is 0.0643. The van der Waals surface area contributed by atoms with Crippen LogP contribution in [0.3, 0.4) is 0 Å². The first-order chi connectivity index (χ1) is 10.7. The molecular formula is C13H17N7OS. The topological polar surface area (TPSA) is 132 Å². The van der Waals surface area contributed by atoms with Gasteiger partial charge >= 0.3 is 0 Å². The molecule has 116 valence electrons. The van der Waals surface area contributed by atoms with Crippen LogP contribution in [0, 0.1) is 0 Å². The Labute approximate surface area is 131 Å². The molecule has 0 aliphatic carbocycles. The number of hydrogen-bond donors (Lipinski definition) is 3. The summed E-state index contributed by atoms with van der Waals surface area (Å²) in [5.41, 5.74) is 10.9. The highest BCUT2D eigenvalue weighted by molar-refractivity contribution is 7.09. The van der Waals surface area contributed by atoms with Crippen LogP contribution in [0.1, 0.15) is 34.4 Å². The van der Waals surface area contributed by atoms with Crippen molar-refractivity contribution in [1.29, 1.82) is 0 Å². The predicted octanol–water partition coefficient (Wildman–Crippen LogP) is 0.458. The first kappa shape index (κ1) is 15.8. The van der Waals surface area contributed by atoms with E-state index in [-0.39, 0.29) is 23.6 Å². The molecule has 0 radical (unpaired) electrons. The van der Waals surface area contributed by atoms with Crippen molar-refractivity contribution in [2.45, 2.75) is 18.9 Å². The van der Waals surface area contributed by atoms with E-state index >= 15 is 0 Å². The highest BCUT2D eigenvalue weighted by Gasteiger charge is 2.18. The molecule has 2 heterocycles. The Morgan fingerprint density at radius 3 is 2.82 bits per heavy atom. The van der Waals surface area contributed by atoms with Crippen molar-refractivity contribution in [1.82, 2.24) is 20.3 Å². The van der Waals surface area contributed by atoms with E-state index in [2.05, 4.69) is 25.3 Å². The van der Waals surface area contributed by atoms with Gasteiger partial charge in [-0.15, -0.1) is 11.3 Å². The first-order valence-electron chi connectivity index (χ1n) is 6.68. The third-order valence-electron chi connectivity index (χ3n) is 2.80. The van der Waals surface area contributed by atoms with E-state index in [0.717, 1.165) is 11.4 Å². The van der Waals surface area contributed by atoms with Crippen LogP contribution in [0.2, 0.25) is 0 Å². The molecule has 0 aliphatic rings. The predicted molar refractivity (Wildman–Crippen MR) is 84.3 cm³/mol. The van der Waals surface area contributed by atoms with Gasteiger partial charge in [-0.1, -0.05) is 0 Å². The Kier molecular flexibility index (Phi) is 5.78. The number of carbonyl (C=O) groups excluding carboxylic acids is 1. The highest BCUT2D eigenvalue weighted by Crippen LogP contribution is 2.21. The van der Waals surface area contributed by atoms with Crippen molar-refractivity contribution in [3.05, 3.63) is 40.9 Å². The maximum atomic E-state index is 12.2. The lowest BCUT2D eigenvalue weighted by Gasteiger charge is -2.15. The molecule has 0 saturated heterocycles. The average molecular weight is 319 g/mol. The summed E-state index contributed by atoms with van der Waals surface area (Å²) in [5, 5.41) is 5.62. The number of thiazole rings is 1. The number of aliphatic imine (C=N–C) groups is 1. The Morgan fingerprint density at radius 1 is 1.32 bits per heavy atom. The summed E-state index contributed by atoms with van der Waals surface area (Å²) in [7, 11) is 0. The zero-order valence-corrected chi connectivity index (χ0v) is 12.7. The highest BCUT2D eigenvalue weighted by atomic mass is 32.1. The van der Waals surface area contributed by atoms with Crippen molar-refractivity contribution < 1.29 is 4.79 Å². The fourth-order valence-electron chi connectivity index (χ4n) is 1.82. The minimum Gasteiger partial charge on any atom is -0.370 e. The van der Waals surface area contributed by atoms with Crippen molar-refractivity contribution in [2.24, 2.45) is 16.5 Å². The van der Waals surface area contributed by atoms with Crippen LogP contribution >= 0.6 is 11.3 Å². The molecule has 0 bridgehead atoms. The molecule has 1 unspecified atom stereocenters. The van der Waals surface area contributed by atoms with E-state index in [4.69, 9.17) is 11.5 Å². The van der Waals surface area contributed by atoms with Gasteiger partial charge in [0.1, 0.15) is 10.7 Å². The molecule has 0 saturated carbocycles. The monoisotopic (exact) mass is 319 g/mol. The van der Waals surface area contributed by atoms with E-state index in [1.165, 1.54) is 29.9 Å². The summed E-state index contributed by atoms with van der Waals surface area (Å²) >= 11 is 1.49. The fourth-order valence-corrected chi connectivity index (χ4v) is 2.54. The third-order valence-corrected chi connectivity index (χ3v) is 3.69. The molecule has 2 aromatic rings. The van der Waals surface area contributed by atoms with Crippen LogP contribution in [-0.2, 0) is 0 Å². The number of hydrogen-bond acceptors (Lipinski definition) is 6. The standard InChI is InChI=1S/C13H17N7OS/c14-13(15)19-3-1-2-9(12-18-6-7-22-12)20-11(21)10-8-16-4-5-17-10/h4-9H,1-3H2,(H,20,21)(H4,14,15,19). The van der Waals surface area contributed by atoms with Crippen LogP contribution in [0.5, 0.6) is 0 Å². The van der Waals surface area contributed by atoms with Crippen LogP contribution in [0.4, 0.5) is 0 Å². The lowest BCUT2D eigenvalue weighted by atomic mass is 10.1. The number of nitrogens with one attached hydrogen (secondary N) is 1. The van der Waals surface area contributed by atoms with Crippen LogP contribution in [-0.4, -0.2) is 33.4 Å². The number of rotatable bonds is 7. The normalized spacial score (nSPS) is 11.6. The number of guanidine groups is 1. The molecule has 2 aromatic heterocycles. The molecule has 8 nitrogen and oxygen atoms in total. The average Bonchev–Trinajstić information content (AvgIpc) is 3.05. The molecule has 1 amide bonds. The summed E-state index contributed by atoms with van der Waals surface area (Å²) in [6.07, 6.45) is 7.53. The lowest BCUT2D eigenvalue weighted by molar-refractivity contribution is 0.0928. The van der Waals surface area contributed by atoms with E-state index in [1.54, 1.807) is 6.20 Å². The Hall–Kier alpha value is -2.55. The number of nitrogens with two attached hydrogens (primary N) is 2. The third kappa shape index (κ3) is 4.77. The lowest BCUT2D eigenvalue weighted by Crippen LogP contribution is -2.29. The Morgan fingerprint density at radius 2 is 2.18 bits per heavy atom. The summed E-state index contributed by atoms with van der Waals surface area (Å²) < 4.78 is 0. The van der Waals surface area contributed by atoms with Crippen LogP contribution in [0.25, 0.3) is 0 Å². The molecule has 0 aromatic carbocycles. The Balaban J connectivity index is 1.99. The molecule has 9 heteroatoms. The van der Waals surface area contributed by atoms with Gasteiger partial charge in [0.05, 0.1) is 12.2 Å². The molecule has 0 fully saturated rings. The van der Waals surface area contributed by atoms with Crippen LogP contribution in [0.15, 0.2) is 35.2 Å². The number of amides is 1. The smallest absolute Gasteiger partial charge is 0.272 e. The quantitative estimate of drug-likeness (QED) is 0.386. The van der Waals surface area contributed by atoms with E-state index in [0.29, 0.717) is 13.0 Å². The summed E-state index contributed by atoms with van der Waals surface area (Å²) in [6, 6.07) is -0.205. The number of carbonyl (C=O) groups is 1. The van der Waals surface area contributed by atoms with Gasteiger partial charge in [-0.25, -0.2) is 9.97 Å². The molecule has 22 heavy (non-hydrogen) atoms. The second-order valence-electron chi connectivity index (χ2n) is 4.44. The molecular weight excluding hydrogens is 302 g/mol. The van der Waals surface area contributed by atoms with Crippen molar-refractivity contribution in [3.63, 3.8) is 0 Å². The molecule has 1 atom stereocenters. The van der Waals surface area contributed by atoms with Gasteiger partial charge in [0.15, 0.2) is 5.96 Å². The minimum atomic E-state index is -0.282. The molecule has 0 spiro atoms. The van der Waals surface area contributed by atoms with Crippen LogP contribution < -0.4 is 16.8 Å². The van der Waals surface area contributed by atoms with Gasteiger partial charge in [-0.3, -0.25) is 14.8 Å². The van der Waals surface area contributed by atoms with E-state index < -0.39 is 0 Å². The maximum Gasteiger partial charge on any atom is 0.272 e. The summed E-state index contributed by atoms with van der Waals surface area (Å²) in [4.78, 5) is 28.3. The van der Waals surface area contributed by atoms with Gasteiger partial charge in [0.25, 0.3) is 5.91 Å². The van der Waals surface area contributed by atoms with Gasteiger partial charge in [-0.05, 0) is 12.8 Å². The second-order valence-corrected chi connectivity index (χ2v) is 5.36. The van der Waals surface area contributed by atoms with E-state index in [9.17, 15) is 4.79 Å². The van der Waals surface area contributed by atoms with Gasteiger partial charge in [0.2, 0.25) is 0 Å². The van der Waals surface area contributed by atoms with Crippen molar-refractivity contribution >= 4 is 23.2 Å². The number of aromatic nitrogens is 3. The molecule has 5 N–H and O–H groups in total. The van der Waals surface area contributed by atoms with E-state index in [1.807, 2.05) is 5.38 Å². The van der Waals surface area contributed by atoms with Gasteiger partial charge in [-0.2, -0.15) is 0 Å². The first-order valence-corrected chi connectivity index (χ1v) is 7.56. The van der Waals surface area contributed by atoms with Gasteiger partial charge < -0.3 is 16.8 Å². The van der Waals surface area contributed by atoms with Crippen molar-refractivity contribution in [3.8, 4) is 0 Å². The Bertz CT molecular complexity index is 611. The van der Waals surface area contributed by atoms with Gasteiger partial charge in [0, 0.05) is 30.5 Å². The molecule has 2 rings (SSSR count). The summed E-state index contributed by atoms with van der Waals surface area (Å²) in [5.74, 6) is -0.218. The second kappa shape index (κ2) is 8.03. The molecule has 0 aliphatic heterocycles. The summed E-state index contributed by atoms with van der Waals surface area (Å²) in [6.45, 7) is 0.505.